The smallest absolute Gasteiger partial charge is 0.335 e. The Balaban J connectivity index is 1.59. The molecular formula is C18H19N3O3. The van der Waals surface area contributed by atoms with Crippen LogP contribution in [0.3, 0.4) is 0 Å². The molecule has 1 unspecified atom stereocenters. The summed E-state index contributed by atoms with van der Waals surface area (Å²) in [5.74, 6) is -0.955. The lowest BCUT2D eigenvalue weighted by atomic mass is 10.2. The average molecular weight is 325 g/mol. The van der Waals surface area contributed by atoms with Crippen LogP contribution in [0.2, 0.25) is 0 Å². The van der Waals surface area contributed by atoms with E-state index >= 15 is 0 Å². The fraction of sp³-hybridized carbons (Fsp3) is 0.278. The molecule has 0 spiro atoms. The third-order valence-electron chi connectivity index (χ3n) is 3.77. The molecule has 3 rings (SSSR count). The number of ether oxygens (including phenoxy) is 1. The van der Waals surface area contributed by atoms with E-state index in [2.05, 4.69) is 15.5 Å². The first-order chi connectivity index (χ1) is 11.7. The van der Waals surface area contributed by atoms with E-state index in [1.54, 1.807) is 12.1 Å². The fourth-order valence-corrected chi connectivity index (χ4v) is 2.45. The van der Waals surface area contributed by atoms with Crippen LogP contribution < -0.4 is 5.32 Å². The van der Waals surface area contributed by atoms with Crippen molar-refractivity contribution in [3.8, 4) is 0 Å². The summed E-state index contributed by atoms with van der Waals surface area (Å²) >= 11 is 0. The molecule has 1 atom stereocenters. The van der Waals surface area contributed by atoms with Gasteiger partial charge in [0.05, 0.1) is 16.9 Å². The van der Waals surface area contributed by atoms with Crippen LogP contribution in [0.5, 0.6) is 0 Å². The van der Waals surface area contributed by atoms with Crippen molar-refractivity contribution < 1.29 is 14.6 Å². The van der Waals surface area contributed by atoms with Crippen molar-refractivity contribution >= 4 is 23.0 Å². The molecular weight excluding hydrogens is 306 g/mol. The maximum absolute atomic E-state index is 10.8. The summed E-state index contributed by atoms with van der Waals surface area (Å²) in [6, 6.07) is 13.9. The largest absolute Gasteiger partial charge is 0.478 e. The summed E-state index contributed by atoms with van der Waals surface area (Å²) in [5, 5.41) is 20.5. The number of anilines is 1. The van der Waals surface area contributed by atoms with Gasteiger partial charge in [0, 0.05) is 12.3 Å². The van der Waals surface area contributed by atoms with Gasteiger partial charge in [0.2, 0.25) is 0 Å². The Hall–Kier alpha value is -2.73. The highest BCUT2D eigenvalue weighted by atomic mass is 16.5. The quantitative estimate of drug-likeness (QED) is 0.778. The Morgan fingerprint density at radius 2 is 1.62 bits per heavy atom. The van der Waals surface area contributed by atoms with Gasteiger partial charge in [0.25, 0.3) is 0 Å². The van der Waals surface area contributed by atoms with E-state index in [1.807, 2.05) is 24.3 Å². The number of carbonyl (C=O) groups is 1. The van der Waals surface area contributed by atoms with Gasteiger partial charge in [-0.3, -0.25) is 0 Å². The minimum absolute atomic E-state index is 0.0824. The monoisotopic (exact) mass is 325 g/mol. The molecule has 1 aliphatic rings. The van der Waals surface area contributed by atoms with E-state index in [4.69, 9.17) is 9.84 Å². The molecule has 1 heterocycles. The lowest BCUT2D eigenvalue weighted by Gasteiger charge is -2.24. The number of azo groups is 1. The first kappa shape index (κ1) is 16.1. The van der Waals surface area contributed by atoms with Crippen LogP contribution in [0.1, 0.15) is 29.6 Å². The summed E-state index contributed by atoms with van der Waals surface area (Å²) in [5.41, 5.74) is 2.56. The Morgan fingerprint density at radius 3 is 2.17 bits per heavy atom. The number of carboxylic acids is 1. The van der Waals surface area contributed by atoms with Crippen molar-refractivity contribution in [3.05, 3.63) is 54.1 Å². The number of aromatic carboxylic acids is 1. The highest BCUT2D eigenvalue weighted by molar-refractivity contribution is 5.87. The minimum Gasteiger partial charge on any atom is -0.478 e. The number of hydrogen-bond acceptors (Lipinski definition) is 5. The van der Waals surface area contributed by atoms with Gasteiger partial charge in [-0.25, -0.2) is 4.79 Å². The molecule has 0 bridgehead atoms. The highest BCUT2D eigenvalue weighted by Gasteiger charge is 2.12. The van der Waals surface area contributed by atoms with Gasteiger partial charge in [0.1, 0.15) is 6.23 Å². The molecule has 24 heavy (non-hydrogen) atoms. The maximum atomic E-state index is 10.8. The average Bonchev–Trinajstić information content (AvgIpc) is 2.62. The summed E-state index contributed by atoms with van der Waals surface area (Å²) in [7, 11) is 0. The molecule has 0 aliphatic carbocycles. The third kappa shape index (κ3) is 4.39. The number of hydrogen-bond donors (Lipinski definition) is 2. The molecule has 0 saturated carbocycles. The second kappa shape index (κ2) is 7.70. The van der Waals surface area contributed by atoms with Crippen molar-refractivity contribution in [2.45, 2.75) is 25.5 Å². The zero-order chi connectivity index (χ0) is 16.8. The Kier molecular flexibility index (Phi) is 5.18. The van der Waals surface area contributed by atoms with E-state index in [0.717, 1.165) is 30.8 Å². The summed E-state index contributed by atoms with van der Waals surface area (Å²) in [6.45, 7) is 0.810. The van der Waals surface area contributed by atoms with Gasteiger partial charge < -0.3 is 15.2 Å². The predicted molar refractivity (Wildman–Crippen MR) is 91.2 cm³/mol. The van der Waals surface area contributed by atoms with E-state index in [1.165, 1.54) is 18.6 Å². The van der Waals surface area contributed by atoms with Crippen LogP contribution in [-0.4, -0.2) is 23.9 Å². The molecule has 2 aromatic rings. The Morgan fingerprint density at radius 1 is 1.00 bits per heavy atom. The van der Waals surface area contributed by atoms with E-state index in [0.29, 0.717) is 5.69 Å². The third-order valence-corrected chi connectivity index (χ3v) is 3.77. The summed E-state index contributed by atoms with van der Waals surface area (Å²) < 4.78 is 5.65. The molecule has 0 radical (unpaired) electrons. The van der Waals surface area contributed by atoms with E-state index < -0.39 is 5.97 Å². The topological polar surface area (TPSA) is 83.3 Å². The molecule has 124 valence electrons. The van der Waals surface area contributed by atoms with Gasteiger partial charge in [-0.2, -0.15) is 10.2 Å². The molecule has 0 aromatic heterocycles. The SMILES string of the molecule is O=C(O)c1ccc(N=Nc2ccc(NC3CCCCO3)cc2)cc1. The molecule has 6 heteroatoms. The van der Waals surface area contributed by atoms with Gasteiger partial charge >= 0.3 is 5.97 Å². The number of nitrogens with zero attached hydrogens (tertiary/aromatic N) is 2. The second-order valence-corrected chi connectivity index (χ2v) is 5.60. The van der Waals surface area contributed by atoms with Gasteiger partial charge in [-0.05, 0) is 67.8 Å². The van der Waals surface area contributed by atoms with Crippen molar-refractivity contribution in [2.75, 3.05) is 11.9 Å². The van der Waals surface area contributed by atoms with Crippen LogP contribution in [0.15, 0.2) is 58.8 Å². The van der Waals surface area contributed by atoms with Crippen molar-refractivity contribution in [3.63, 3.8) is 0 Å². The Labute approximate surface area is 140 Å². The molecule has 1 fully saturated rings. The summed E-state index contributed by atoms with van der Waals surface area (Å²) in [4.78, 5) is 10.8. The number of benzene rings is 2. The molecule has 1 aliphatic heterocycles. The van der Waals surface area contributed by atoms with E-state index in [9.17, 15) is 4.79 Å². The highest BCUT2D eigenvalue weighted by Crippen LogP contribution is 2.22. The number of nitrogens with one attached hydrogen (secondary N) is 1. The van der Waals surface area contributed by atoms with Gasteiger partial charge in [0.15, 0.2) is 0 Å². The first-order valence-electron chi connectivity index (χ1n) is 7.94. The minimum atomic E-state index is -0.955. The molecule has 2 aromatic carbocycles. The maximum Gasteiger partial charge on any atom is 0.335 e. The predicted octanol–water partition coefficient (Wildman–Crippen LogP) is 4.74. The lowest BCUT2D eigenvalue weighted by molar-refractivity contribution is 0.0343. The van der Waals surface area contributed by atoms with Crippen molar-refractivity contribution in [1.29, 1.82) is 0 Å². The van der Waals surface area contributed by atoms with Crippen LogP contribution in [0, 0.1) is 0 Å². The molecule has 2 N–H and O–H groups in total. The van der Waals surface area contributed by atoms with Crippen LogP contribution >= 0.6 is 0 Å². The molecule has 0 amide bonds. The normalized spacial score (nSPS) is 17.8. The van der Waals surface area contributed by atoms with Crippen molar-refractivity contribution in [1.82, 2.24) is 0 Å². The number of rotatable bonds is 5. The molecule has 1 saturated heterocycles. The number of carboxylic acid groups (broad SMARTS) is 1. The van der Waals surface area contributed by atoms with Crippen LogP contribution in [0.25, 0.3) is 0 Å². The first-order valence-corrected chi connectivity index (χ1v) is 7.94. The van der Waals surface area contributed by atoms with Crippen LogP contribution in [0.4, 0.5) is 17.1 Å². The lowest BCUT2D eigenvalue weighted by Crippen LogP contribution is -2.27. The van der Waals surface area contributed by atoms with Gasteiger partial charge in [-0.15, -0.1) is 0 Å². The molecule has 6 nitrogen and oxygen atoms in total. The Bertz CT molecular complexity index is 705. The fourth-order valence-electron chi connectivity index (χ4n) is 2.45. The standard InChI is InChI=1S/C18H19N3O3/c22-18(23)13-4-6-15(7-5-13)20-21-16-10-8-14(9-11-16)19-17-3-1-2-12-24-17/h4-11,17,19H,1-3,12H2,(H,22,23). The second-order valence-electron chi connectivity index (χ2n) is 5.60. The van der Waals surface area contributed by atoms with Crippen LogP contribution in [-0.2, 0) is 4.74 Å². The van der Waals surface area contributed by atoms with E-state index in [-0.39, 0.29) is 11.8 Å². The zero-order valence-corrected chi connectivity index (χ0v) is 13.2. The van der Waals surface area contributed by atoms with Gasteiger partial charge in [-0.1, -0.05) is 0 Å². The summed E-state index contributed by atoms with van der Waals surface area (Å²) in [6.07, 6.45) is 3.42. The van der Waals surface area contributed by atoms with Crippen molar-refractivity contribution in [2.24, 2.45) is 10.2 Å². The zero-order valence-electron chi connectivity index (χ0n) is 13.2.